The molecular weight excluding hydrogens is 335 g/mol. The summed E-state index contributed by atoms with van der Waals surface area (Å²) in [5.41, 5.74) is 6.73. The van der Waals surface area contributed by atoms with Gasteiger partial charge in [-0.2, -0.15) is 0 Å². The van der Waals surface area contributed by atoms with E-state index in [1.54, 1.807) is 29.5 Å². The van der Waals surface area contributed by atoms with Crippen LogP contribution < -0.4 is 5.73 Å². The number of benzene rings is 1. The lowest BCUT2D eigenvalue weighted by molar-refractivity contribution is 0.0993. The van der Waals surface area contributed by atoms with Crippen LogP contribution in [0.25, 0.3) is 10.2 Å². The third kappa shape index (κ3) is 2.54. The summed E-state index contributed by atoms with van der Waals surface area (Å²) in [6, 6.07) is 7.19. The number of H-pyrrole nitrogens is 1. The van der Waals surface area contributed by atoms with E-state index in [2.05, 4.69) is 4.98 Å². The summed E-state index contributed by atoms with van der Waals surface area (Å²) in [5, 5.41) is 3.07. The number of hydrogen-bond acceptors (Lipinski definition) is 3. The van der Waals surface area contributed by atoms with E-state index in [1.165, 1.54) is 11.8 Å². The van der Waals surface area contributed by atoms with Crippen molar-refractivity contribution < 1.29 is 4.79 Å². The first-order chi connectivity index (χ1) is 9.54. The summed E-state index contributed by atoms with van der Waals surface area (Å²) in [6.45, 7) is 0. The van der Waals surface area contributed by atoms with Crippen molar-refractivity contribution in [3.63, 3.8) is 0 Å². The quantitative estimate of drug-likeness (QED) is 0.719. The molecule has 0 spiro atoms. The fraction of sp³-hybridized carbons (Fsp3) is 0. The molecule has 0 aliphatic heterocycles. The molecule has 1 amide bonds. The van der Waals surface area contributed by atoms with Crippen LogP contribution in [0, 0.1) is 0 Å². The van der Waals surface area contributed by atoms with E-state index in [0.29, 0.717) is 15.7 Å². The van der Waals surface area contributed by atoms with Gasteiger partial charge in [0.1, 0.15) is 5.69 Å². The molecule has 0 saturated carbocycles. The van der Waals surface area contributed by atoms with Crippen LogP contribution in [0.2, 0.25) is 10.0 Å². The van der Waals surface area contributed by atoms with Gasteiger partial charge < -0.3 is 10.7 Å². The smallest absolute Gasteiger partial charge is 0.266 e. The Hall–Kier alpha value is -1.14. The molecule has 7 heteroatoms. The zero-order valence-corrected chi connectivity index (χ0v) is 13.1. The summed E-state index contributed by atoms with van der Waals surface area (Å²) in [4.78, 5) is 16.3. The summed E-state index contributed by atoms with van der Waals surface area (Å²) < 4.78 is 1.000. The Morgan fingerprint density at radius 3 is 2.60 bits per heavy atom. The molecule has 0 aliphatic carbocycles. The largest absolute Gasteiger partial charge is 0.364 e. The number of nitrogens with one attached hydrogen (secondary N) is 1. The molecule has 0 aliphatic rings. The molecule has 0 atom stereocenters. The standard InChI is InChI=1S/C13H8Cl2N2OS2/c14-6-3-7(15)5-8(4-6)20-12-10(13(16)18)17-9-1-2-19-11(9)12/h1-5,17H,(H2,16,18). The lowest BCUT2D eigenvalue weighted by Crippen LogP contribution is -2.12. The van der Waals surface area contributed by atoms with Gasteiger partial charge in [-0.1, -0.05) is 35.0 Å². The van der Waals surface area contributed by atoms with Gasteiger partial charge in [-0.15, -0.1) is 11.3 Å². The van der Waals surface area contributed by atoms with Crippen molar-refractivity contribution in [3.05, 3.63) is 45.4 Å². The molecule has 3 aromatic rings. The van der Waals surface area contributed by atoms with Crippen LogP contribution in [0.4, 0.5) is 0 Å². The Morgan fingerprint density at radius 2 is 1.95 bits per heavy atom. The Balaban J connectivity index is 2.11. The van der Waals surface area contributed by atoms with Gasteiger partial charge in [-0.3, -0.25) is 4.79 Å². The van der Waals surface area contributed by atoms with Crippen molar-refractivity contribution in [1.29, 1.82) is 0 Å². The second-order valence-electron chi connectivity index (χ2n) is 4.06. The van der Waals surface area contributed by atoms with Crippen LogP contribution in [-0.2, 0) is 0 Å². The molecule has 20 heavy (non-hydrogen) atoms. The first-order valence-electron chi connectivity index (χ1n) is 5.57. The van der Waals surface area contributed by atoms with Crippen molar-refractivity contribution in [2.45, 2.75) is 9.79 Å². The maximum Gasteiger partial charge on any atom is 0.266 e. The molecular formula is C13H8Cl2N2OS2. The summed E-state index contributed by atoms with van der Waals surface area (Å²) in [7, 11) is 0. The lowest BCUT2D eigenvalue weighted by Gasteiger charge is -2.03. The highest BCUT2D eigenvalue weighted by Gasteiger charge is 2.18. The predicted molar refractivity (Wildman–Crippen MR) is 85.3 cm³/mol. The molecule has 3 rings (SSSR count). The molecule has 0 bridgehead atoms. The normalized spacial score (nSPS) is 11.1. The van der Waals surface area contributed by atoms with E-state index in [1.807, 2.05) is 11.4 Å². The van der Waals surface area contributed by atoms with Gasteiger partial charge in [-0.25, -0.2) is 0 Å². The van der Waals surface area contributed by atoms with Gasteiger partial charge in [-0.05, 0) is 29.6 Å². The number of carbonyl (C=O) groups is 1. The minimum Gasteiger partial charge on any atom is -0.364 e. The summed E-state index contributed by atoms with van der Waals surface area (Å²) in [6.07, 6.45) is 0. The molecule has 0 radical (unpaired) electrons. The summed E-state index contributed by atoms with van der Waals surface area (Å²) in [5.74, 6) is -0.482. The number of halogens is 2. The lowest BCUT2D eigenvalue weighted by atomic mass is 10.4. The number of rotatable bonds is 3. The molecule has 0 saturated heterocycles. The number of thiophene rings is 1. The molecule has 2 aromatic heterocycles. The average Bonchev–Trinajstić information content (AvgIpc) is 2.90. The molecule has 3 N–H and O–H groups in total. The SMILES string of the molecule is NC(=O)c1[nH]c2ccsc2c1Sc1cc(Cl)cc(Cl)c1. The Bertz CT molecular complexity index is 790. The molecule has 2 heterocycles. The number of amides is 1. The van der Waals surface area contributed by atoms with E-state index in [-0.39, 0.29) is 0 Å². The van der Waals surface area contributed by atoms with Crippen LogP contribution in [0.3, 0.4) is 0 Å². The average molecular weight is 343 g/mol. The van der Waals surface area contributed by atoms with E-state index in [0.717, 1.165) is 20.0 Å². The number of primary amides is 1. The van der Waals surface area contributed by atoms with Crippen molar-refractivity contribution in [1.82, 2.24) is 4.98 Å². The maximum absolute atomic E-state index is 11.5. The van der Waals surface area contributed by atoms with Crippen LogP contribution in [0.5, 0.6) is 0 Å². The zero-order valence-electron chi connectivity index (χ0n) is 9.94. The summed E-state index contributed by atoms with van der Waals surface area (Å²) >= 11 is 15.0. The first-order valence-corrected chi connectivity index (χ1v) is 8.02. The van der Waals surface area contributed by atoms with Crippen molar-refractivity contribution in [2.24, 2.45) is 5.73 Å². The van der Waals surface area contributed by atoms with Crippen LogP contribution >= 0.6 is 46.3 Å². The van der Waals surface area contributed by atoms with Crippen molar-refractivity contribution in [3.8, 4) is 0 Å². The third-order valence-corrected chi connectivity index (χ3v) is 5.24. The van der Waals surface area contributed by atoms with Gasteiger partial charge in [0.05, 0.1) is 15.1 Å². The molecule has 1 aromatic carbocycles. The molecule has 102 valence electrons. The minimum absolute atomic E-state index is 0.410. The van der Waals surface area contributed by atoms with Crippen molar-refractivity contribution >= 4 is 62.4 Å². The zero-order chi connectivity index (χ0) is 14.3. The highest BCUT2D eigenvalue weighted by molar-refractivity contribution is 7.99. The van der Waals surface area contributed by atoms with E-state index >= 15 is 0 Å². The number of fused-ring (bicyclic) bond motifs is 1. The third-order valence-electron chi connectivity index (χ3n) is 2.66. The maximum atomic E-state index is 11.5. The molecule has 0 fully saturated rings. The second kappa shape index (κ2) is 5.33. The number of aromatic nitrogens is 1. The minimum atomic E-state index is -0.482. The highest BCUT2D eigenvalue weighted by atomic mass is 35.5. The fourth-order valence-corrected chi connectivity index (χ4v) is 4.65. The van der Waals surface area contributed by atoms with Gasteiger partial charge in [0.15, 0.2) is 0 Å². The number of hydrogen-bond donors (Lipinski definition) is 2. The monoisotopic (exact) mass is 342 g/mol. The first kappa shape index (κ1) is 13.8. The number of nitrogens with two attached hydrogens (primary N) is 1. The number of aromatic amines is 1. The second-order valence-corrected chi connectivity index (χ2v) is 6.94. The van der Waals surface area contributed by atoms with Gasteiger partial charge in [0.25, 0.3) is 5.91 Å². The van der Waals surface area contributed by atoms with Gasteiger partial charge >= 0.3 is 0 Å². The van der Waals surface area contributed by atoms with E-state index < -0.39 is 5.91 Å². The van der Waals surface area contributed by atoms with Crippen LogP contribution in [0.15, 0.2) is 39.4 Å². The van der Waals surface area contributed by atoms with Crippen molar-refractivity contribution in [2.75, 3.05) is 0 Å². The van der Waals surface area contributed by atoms with E-state index in [9.17, 15) is 4.79 Å². The Kier molecular flexibility index (Phi) is 3.69. The fourth-order valence-electron chi connectivity index (χ4n) is 1.86. The predicted octanol–water partition coefficient (Wildman–Crippen LogP) is 4.79. The van der Waals surface area contributed by atoms with Crippen LogP contribution in [-0.4, -0.2) is 10.9 Å². The van der Waals surface area contributed by atoms with E-state index in [4.69, 9.17) is 28.9 Å². The highest BCUT2D eigenvalue weighted by Crippen LogP contribution is 2.40. The van der Waals surface area contributed by atoms with Gasteiger partial charge in [0, 0.05) is 14.9 Å². The topological polar surface area (TPSA) is 58.9 Å². The Labute approximate surface area is 133 Å². The molecule has 0 unspecified atom stereocenters. The van der Waals surface area contributed by atoms with Gasteiger partial charge in [0.2, 0.25) is 0 Å². The Morgan fingerprint density at radius 1 is 1.25 bits per heavy atom. The van der Waals surface area contributed by atoms with Crippen LogP contribution in [0.1, 0.15) is 10.5 Å². The molecule has 3 nitrogen and oxygen atoms in total. The number of carbonyl (C=O) groups excluding carboxylic acids is 1.